The first-order valence-electron chi connectivity index (χ1n) is 7.41. The van der Waals surface area contributed by atoms with Crippen LogP contribution in [-0.2, 0) is 0 Å². The quantitative estimate of drug-likeness (QED) is 0.558. The van der Waals surface area contributed by atoms with Crippen molar-refractivity contribution < 1.29 is 23.7 Å². The molecular formula is C16H16N2O5S. The number of furan rings is 1. The molecule has 24 heavy (non-hydrogen) atoms. The maximum absolute atomic E-state index is 10.3. The summed E-state index contributed by atoms with van der Waals surface area (Å²) >= 11 is 0. The molecule has 0 saturated carbocycles. The fraction of sp³-hybridized carbons (Fsp3) is 0.188. The summed E-state index contributed by atoms with van der Waals surface area (Å²) in [5.74, 6) is -0.762. The average molecular weight is 348 g/mol. The van der Waals surface area contributed by atoms with Gasteiger partial charge >= 0.3 is 0 Å². The number of anilines is 1. The minimum atomic E-state index is -3.03. The molecule has 4 rings (SSSR count). The molecular weight excluding hydrogens is 332 g/mol. The molecule has 4 N–H and O–H groups in total. The second-order valence-electron chi connectivity index (χ2n) is 5.60. The zero-order valence-electron chi connectivity index (χ0n) is 12.6. The maximum atomic E-state index is 10.3. The molecule has 0 aliphatic carbocycles. The Bertz CT molecular complexity index is 919. The van der Waals surface area contributed by atoms with Crippen LogP contribution in [0.4, 0.5) is 5.88 Å². The predicted octanol–water partition coefficient (Wildman–Crippen LogP) is 3.78. The van der Waals surface area contributed by atoms with Crippen LogP contribution in [0.5, 0.6) is 11.5 Å². The standard InChI is InChI=1S/C16H16N2O5S/c19-13-14(20)16(18-8-3-9-24(18,21)22)23-15(13)11-6-7-17-12-5-2-1-4-10(11)12/h1-2,4-7,19-22H,3,8-9H2. The highest BCUT2D eigenvalue weighted by Crippen LogP contribution is 2.57. The monoisotopic (exact) mass is 348 g/mol. The van der Waals surface area contributed by atoms with Crippen molar-refractivity contribution in [3.05, 3.63) is 36.5 Å². The van der Waals surface area contributed by atoms with Crippen LogP contribution in [0.1, 0.15) is 6.42 Å². The summed E-state index contributed by atoms with van der Waals surface area (Å²) in [6, 6.07) is 9.03. The molecule has 7 nitrogen and oxygen atoms in total. The topological polar surface area (TPSA) is 110 Å². The number of hydrogen-bond donors (Lipinski definition) is 4. The molecule has 126 valence electrons. The number of nitrogens with zero attached hydrogens (tertiary/aromatic N) is 2. The number of benzene rings is 1. The van der Waals surface area contributed by atoms with Crippen LogP contribution in [0.15, 0.2) is 40.9 Å². The van der Waals surface area contributed by atoms with Crippen LogP contribution < -0.4 is 4.31 Å². The molecule has 0 spiro atoms. The van der Waals surface area contributed by atoms with E-state index in [0.717, 1.165) is 10.9 Å². The lowest BCUT2D eigenvalue weighted by Gasteiger charge is -2.35. The third-order valence-corrected chi connectivity index (χ3v) is 5.98. The summed E-state index contributed by atoms with van der Waals surface area (Å²) in [4.78, 5) is 4.25. The molecule has 1 aromatic carbocycles. The lowest BCUT2D eigenvalue weighted by atomic mass is 10.1. The molecule has 0 radical (unpaired) electrons. The summed E-state index contributed by atoms with van der Waals surface area (Å²) in [6.07, 6.45) is 2.15. The number of rotatable bonds is 2. The normalized spacial score (nSPS) is 18.2. The molecule has 0 amide bonds. The van der Waals surface area contributed by atoms with Crippen molar-refractivity contribution in [2.75, 3.05) is 16.6 Å². The number of aromatic hydroxyl groups is 2. The molecule has 1 fully saturated rings. The summed E-state index contributed by atoms with van der Waals surface area (Å²) in [5, 5.41) is 21.3. The van der Waals surface area contributed by atoms with E-state index in [1.54, 1.807) is 12.3 Å². The van der Waals surface area contributed by atoms with Crippen LogP contribution in [0.2, 0.25) is 0 Å². The van der Waals surface area contributed by atoms with Gasteiger partial charge in [0.1, 0.15) is 0 Å². The van der Waals surface area contributed by atoms with Gasteiger partial charge in [-0.05, 0) is 18.6 Å². The van der Waals surface area contributed by atoms with Crippen LogP contribution in [0.25, 0.3) is 22.2 Å². The second kappa shape index (κ2) is 5.30. The summed E-state index contributed by atoms with van der Waals surface area (Å²) in [6.45, 7) is 0.333. The molecule has 1 aliphatic heterocycles. The van der Waals surface area contributed by atoms with Crippen LogP contribution in [-0.4, -0.2) is 36.6 Å². The van der Waals surface area contributed by atoms with Gasteiger partial charge in [0.05, 0.1) is 11.3 Å². The molecule has 0 atom stereocenters. The fourth-order valence-corrected chi connectivity index (χ4v) is 4.49. The van der Waals surface area contributed by atoms with Gasteiger partial charge in [-0.2, -0.15) is 0 Å². The van der Waals surface area contributed by atoms with Crippen molar-refractivity contribution in [3.8, 4) is 22.8 Å². The molecule has 3 heterocycles. The van der Waals surface area contributed by atoms with Gasteiger partial charge in [-0.25, -0.2) is 4.31 Å². The van der Waals surface area contributed by atoms with E-state index in [9.17, 15) is 19.3 Å². The van der Waals surface area contributed by atoms with Crippen molar-refractivity contribution >= 4 is 27.6 Å². The van der Waals surface area contributed by atoms with E-state index >= 15 is 0 Å². The second-order valence-corrected chi connectivity index (χ2v) is 7.71. The van der Waals surface area contributed by atoms with Crippen molar-refractivity contribution in [2.24, 2.45) is 0 Å². The highest BCUT2D eigenvalue weighted by molar-refractivity contribution is 8.25. The lowest BCUT2D eigenvalue weighted by Crippen LogP contribution is -2.21. The van der Waals surface area contributed by atoms with Crippen molar-refractivity contribution in [1.82, 2.24) is 4.98 Å². The van der Waals surface area contributed by atoms with Gasteiger partial charge in [0.15, 0.2) is 5.76 Å². The Kier molecular flexibility index (Phi) is 3.34. The first-order valence-corrected chi connectivity index (χ1v) is 9.09. The number of aromatic nitrogens is 1. The van der Waals surface area contributed by atoms with Crippen LogP contribution in [0.3, 0.4) is 0 Å². The van der Waals surface area contributed by atoms with Gasteiger partial charge in [-0.3, -0.25) is 14.1 Å². The Labute approximate surface area is 139 Å². The minimum absolute atomic E-state index is 0.0724. The molecule has 8 heteroatoms. The van der Waals surface area contributed by atoms with Gasteiger partial charge in [0, 0.05) is 23.7 Å². The minimum Gasteiger partial charge on any atom is -0.502 e. The van der Waals surface area contributed by atoms with Gasteiger partial charge in [-0.1, -0.05) is 18.2 Å². The number of fused-ring (bicyclic) bond motifs is 1. The molecule has 0 bridgehead atoms. The number of hydrogen-bond acceptors (Lipinski definition) is 7. The van der Waals surface area contributed by atoms with E-state index in [0.29, 0.717) is 18.5 Å². The van der Waals surface area contributed by atoms with Crippen LogP contribution >= 0.6 is 10.8 Å². The van der Waals surface area contributed by atoms with Crippen molar-refractivity contribution in [2.45, 2.75) is 6.42 Å². The fourth-order valence-electron chi connectivity index (χ4n) is 2.94. The van der Waals surface area contributed by atoms with E-state index in [2.05, 4.69) is 4.98 Å². The molecule has 2 aromatic heterocycles. The van der Waals surface area contributed by atoms with E-state index in [-0.39, 0.29) is 17.4 Å². The molecule has 3 aromatic rings. The average Bonchev–Trinajstić information content (AvgIpc) is 3.07. The predicted molar refractivity (Wildman–Crippen MR) is 92.5 cm³/mol. The first kappa shape index (κ1) is 15.1. The van der Waals surface area contributed by atoms with E-state index in [1.807, 2.05) is 24.3 Å². The Morgan fingerprint density at radius 3 is 2.62 bits per heavy atom. The smallest absolute Gasteiger partial charge is 0.261 e. The Hall–Kier alpha value is -2.42. The van der Waals surface area contributed by atoms with Crippen molar-refractivity contribution in [1.29, 1.82) is 0 Å². The van der Waals surface area contributed by atoms with Gasteiger partial charge in [0.2, 0.25) is 11.5 Å². The van der Waals surface area contributed by atoms with Crippen LogP contribution in [0, 0.1) is 0 Å². The summed E-state index contributed by atoms with van der Waals surface area (Å²) in [5.41, 5.74) is 1.28. The molecule has 0 unspecified atom stereocenters. The first-order chi connectivity index (χ1) is 11.5. The summed E-state index contributed by atoms with van der Waals surface area (Å²) in [7, 11) is -3.03. The maximum Gasteiger partial charge on any atom is 0.261 e. The van der Waals surface area contributed by atoms with Gasteiger partial charge in [-0.15, -0.1) is 10.8 Å². The molecule has 1 aliphatic rings. The largest absolute Gasteiger partial charge is 0.502 e. The Morgan fingerprint density at radius 1 is 1.08 bits per heavy atom. The Balaban J connectivity index is 1.89. The van der Waals surface area contributed by atoms with Gasteiger partial charge < -0.3 is 14.6 Å². The summed E-state index contributed by atoms with van der Waals surface area (Å²) < 4.78 is 27.0. The Morgan fingerprint density at radius 2 is 1.88 bits per heavy atom. The van der Waals surface area contributed by atoms with E-state index < -0.39 is 22.3 Å². The zero-order chi connectivity index (χ0) is 16.9. The number of para-hydroxylation sites is 1. The third-order valence-electron chi connectivity index (χ3n) is 4.09. The molecule has 1 saturated heterocycles. The lowest BCUT2D eigenvalue weighted by molar-refractivity contribution is 0.409. The van der Waals surface area contributed by atoms with E-state index in [4.69, 9.17) is 4.42 Å². The van der Waals surface area contributed by atoms with Crippen molar-refractivity contribution in [3.63, 3.8) is 0 Å². The zero-order valence-corrected chi connectivity index (χ0v) is 13.4. The third kappa shape index (κ3) is 2.19. The highest BCUT2D eigenvalue weighted by Gasteiger charge is 2.36. The van der Waals surface area contributed by atoms with Gasteiger partial charge in [0.25, 0.3) is 5.88 Å². The SMILES string of the molecule is Oc1c(-c2ccnc3ccccc23)oc(N2CCCS2(O)O)c1O. The van der Waals surface area contributed by atoms with E-state index in [1.165, 1.54) is 4.31 Å². The highest BCUT2D eigenvalue weighted by atomic mass is 32.3. The number of pyridine rings is 1.